The minimum absolute atomic E-state index is 0.0509. The molecule has 2 N–H and O–H groups in total. The van der Waals surface area contributed by atoms with Gasteiger partial charge < -0.3 is 10.5 Å². The molecule has 0 spiro atoms. The molecule has 29 heavy (non-hydrogen) atoms. The lowest BCUT2D eigenvalue weighted by Gasteiger charge is -2.13. The Morgan fingerprint density at radius 2 is 2.03 bits per heavy atom. The Bertz CT molecular complexity index is 1050. The molecule has 6 nitrogen and oxygen atoms in total. The van der Waals surface area contributed by atoms with Crippen molar-refractivity contribution in [3.8, 4) is 5.75 Å². The van der Waals surface area contributed by atoms with Crippen LogP contribution in [0, 0.1) is 5.82 Å². The first-order valence-electron chi connectivity index (χ1n) is 8.14. The normalized spacial score (nSPS) is 15.3. The van der Waals surface area contributed by atoms with Crippen LogP contribution in [0.2, 0.25) is 5.02 Å². The molecule has 0 unspecified atom stereocenters. The topological polar surface area (TPSA) is 89.7 Å². The van der Waals surface area contributed by atoms with E-state index >= 15 is 0 Å². The monoisotopic (exact) mass is 498 g/mol. The van der Waals surface area contributed by atoms with Crippen molar-refractivity contribution in [2.75, 3.05) is 6.61 Å². The molecular formula is C19H13BrClFN2O4S. The number of rotatable bonds is 6. The van der Waals surface area contributed by atoms with Gasteiger partial charge in [0.05, 0.1) is 15.9 Å². The molecule has 2 aromatic carbocycles. The Morgan fingerprint density at radius 3 is 2.69 bits per heavy atom. The molecule has 0 radical (unpaired) electrons. The smallest absolute Gasteiger partial charge is 0.293 e. The van der Waals surface area contributed by atoms with E-state index in [0.29, 0.717) is 21.3 Å². The summed E-state index contributed by atoms with van der Waals surface area (Å²) in [7, 11) is 0. The zero-order chi connectivity index (χ0) is 21.1. The van der Waals surface area contributed by atoms with E-state index in [1.807, 2.05) is 0 Å². The van der Waals surface area contributed by atoms with Crippen LogP contribution in [-0.2, 0) is 16.1 Å². The summed E-state index contributed by atoms with van der Waals surface area (Å²) in [5.41, 5.74) is 6.16. The number of benzene rings is 2. The first kappa shape index (κ1) is 21.4. The van der Waals surface area contributed by atoms with Gasteiger partial charge in [-0.05, 0) is 69.2 Å². The van der Waals surface area contributed by atoms with Gasteiger partial charge in [-0.3, -0.25) is 19.3 Å². The van der Waals surface area contributed by atoms with Crippen LogP contribution < -0.4 is 10.5 Å². The van der Waals surface area contributed by atoms with E-state index in [0.717, 1.165) is 22.7 Å². The number of hydrogen-bond donors (Lipinski definition) is 1. The molecule has 3 amide bonds. The van der Waals surface area contributed by atoms with Crippen LogP contribution in [0.15, 0.2) is 45.8 Å². The molecule has 150 valence electrons. The van der Waals surface area contributed by atoms with Crippen molar-refractivity contribution in [1.29, 1.82) is 0 Å². The molecular weight excluding hydrogens is 487 g/mol. The highest BCUT2D eigenvalue weighted by Gasteiger charge is 2.35. The van der Waals surface area contributed by atoms with Crippen LogP contribution in [0.3, 0.4) is 0 Å². The van der Waals surface area contributed by atoms with Gasteiger partial charge >= 0.3 is 0 Å². The van der Waals surface area contributed by atoms with Crippen LogP contribution in [0.4, 0.5) is 9.18 Å². The predicted molar refractivity (Wildman–Crippen MR) is 112 cm³/mol. The summed E-state index contributed by atoms with van der Waals surface area (Å²) in [4.78, 5) is 37.0. The highest BCUT2D eigenvalue weighted by atomic mass is 79.9. The van der Waals surface area contributed by atoms with Crippen LogP contribution in [0.1, 0.15) is 11.1 Å². The van der Waals surface area contributed by atoms with Crippen molar-refractivity contribution in [2.24, 2.45) is 5.73 Å². The third-order valence-corrected chi connectivity index (χ3v) is 5.72. The second kappa shape index (κ2) is 8.98. The number of amides is 3. The van der Waals surface area contributed by atoms with E-state index in [1.165, 1.54) is 12.1 Å². The lowest BCUT2D eigenvalue weighted by Crippen LogP contribution is -2.27. The lowest BCUT2D eigenvalue weighted by molar-refractivity contribution is -0.123. The largest absolute Gasteiger partial charge is 0.483 e. The highest BCUT2D eigenvalue weighted by Crippen LogP contribution is 2.35. The van der Waals surface area contributed by atoms with Gasteiger partial charge in [0.25, 0.3) is 17.1 Å². The summed E-state index contributed by atoms with van der Waals surface area (Å²) in [5, 5.41) is -0.300. The fourth-order valence-electron chi connectivity index (χ4n) is 2.48. The standard InChI is InChI=1S/C19H13BrClFN2O4S/c20-13-5-10(1-4-15(13)28-9-17(23)25)6-16-18(26)24(19(27)29-16)8-11-2-3-12(22)7-14(11)21/h1-7H,8-9H2,(H2,23,25)/b16-6-. The molecule has 0 aromatic heterocycles. The first-order valence-corrected chi connectivity index (χ1v) is 10.1. The molecule has 0 saturated carbocycles. The van der Waals surface area contributed by atoms with Gasteiger partial charge in [-0.25, -0.2) is 4.39 Å². The van der Waals surface area contributed by atoms with Crippen molar-refractivity contribution in [2.45, 2.75) is 6.54 Å². The van der Waals surface area contributed by atoms with Crippen molar-refractivity contribution in [3.05, 3.63) is 67.7 Å². The van der Waals surface area contributed by atoms with E-state index in [2.05, 4.69) is 15.9 Å². The summed E-state index contributed by atoms with van der Waals surface area (Å²) in [6.45, 7) is -0.312. The molecule has 10 heteroatoms. The summed E-state index contributed by atoms with van der Waals surface area (Å²) in [6, 6.07) is 8.75. The number of nitrogens with two attached hydrogens (primary N) is 1. The van der Waals surface area contributed by atoms with Crippen LogP contribution in [-0.4, -0.2) is 28.6 Å². The Labute approximate surface area is 183 Å². The molecule has 0 aliphatic carbocycles. The maximum absolute atomic E-state index is 13.2. The number of halogens is 3. The number of thioether (sulfide) groups is 1. The molecule has 1 heterocycles. The number of hydrogen-bond acceptors (Lipinski definition) is 5. The van der Waals surface area contributed by atoms with Gasteiger partial charge in [0.1, 0.15) is 11.6 Å². The third kappa shape index (κ3) is 5.17. The number of nitrogens with zero attached hydrogens (tertiary/aromatic N) is 1. The Kier molecular flexibility index (Phi) is 6.61. The van der Waals surface area contributed by atoms with Crippen molar-refractivity contribution in [3.63, 3.8) is 0 Å². The summed E-state index contributed by atoms with van der Waals surface area (Å²) in [6.07, 6.45) is 1.57. The second-order valence-corrected chi connectivity index (χ2v) is 8.20. The molecule has 0 bridgehead atoms. The minimum Gasteiger partial charge on any atom is -0.483 e. The average Bonchev–Trinajstić information content (AvgIpc) is 2.90. The molecule has 1 fully saturated rings. The maximum atomic E-state index is 13.2. The number of carbonyl (C=O) groups is 3. The van der Waals surface area contributed by atoms with E-state index in [1.54, 1.807) is 24.3 Å². The SMILES string of the molecule is NC(=O)COc1ccc(/C=C2\SC(=O)N(Cc3ccc(F)cc3Cl)C2=O)cc1Br. The van der Waals surface area contributed by atoms with Crippen LogP contribution >= 0.6 is 39.3 Å². The molecule has 1 aliphatic heterocycles. The maximum Gasteiger partial charge on any atom is 0.293 e. The van der Waals surface area contributed by atoms with Gasteiger partial charge in [0, 0.05) is 5.02 Å². The van der Waals surface area contributed by atoms with E-state index in [9.17, 15) is 18.8 Å². The van der Waals surface area contributed by atoms with Crippen LogP contribution in [0.5, 0.6) is 5.75 Å². The van der Waals surface area contributed by atoms with Crippen molar-refractivity contribution < 1.29 is 23.5 Å². The summed E-state index contributed by atoms with van der Waals surface area (Å²) < 4.78 is 19.0. The summed E-state index contributed by atoms with van der Waals surface area (Å²) >= 11 is 10.1. The molecule has 1 saturated heterocycles. The molecule has 1 aliphatic rings. The predicted octanol–water partition coefficient (Wildman–Crippen LogP) is 4.34. The highest BCUT2D eigenvalue weighted by molar-refractivity contribution is 9.10. The second-order valence-electron chi connectivity index (χ2n) is 5.95. The number of ether oxygens (including phenoxy) is 1. The van der Waals surface area contributed by atoms with E-state index in [-0.39, 0.29) is 23.1 Å². The number of carbonyl (C=O) groups excluding carboxylic acids is 3. The Balaban J connectivity index is 1.77. The zero-order valence-corrected chi connectivity index (χ0v) is 17.8. The van der Waals surface area contributed by atoms with Crippen molar-refractivity contribution in [1.82, 2.24) is 4.90 Å². The van der Waals surface area contributed by atoms with Gasteiger partial charge in [-0.15, -0.1) is 0 Å². The van der Waals surface area contributed by atoms with Gasteiger partial charge in [-0.2, -0.15) is 0 Å². The average molecular weight is 500 g/mol. The van der Waals surface area contributed by atoms with Gasteiger partial charge in [0.15, 0.2) is 6.61 Å². The number of primary amides is 1. The van der Waals surface area contributed by atoms with Gasteiger partial charge in [-0.1, -0.05) is 23.7 Å². The van der Waals surface area contributed by atoms with E-state index in [4.69, 9.17) is 22.1 Å². The minimum atomic E-state index is -0.601. The first-order chi connectivity index (χ1) is 13.7. The van der Waals surface area contributed by atoms with Crippen molar-refractivity contribution >= 4 is 62.4 Å². The van der Waals surface area contributed by atoms with Gasteiger partial charge in [0.2, 0.25) is 0 Å². The Morgan fingerprint density at radius 1 is 1.28 bits per heavy atom. The third-order valence-electron chi connectivity index (χ3n) is 3.84. The molecule has 3 rings (SSSR count). The fourth-order valence-corrected chi connectivity index (χ4v) is 4.06. The van der Waals surface area contributed by atoms with E-state index < -0.39 is 22.9 Å². The number of imide groups is 1. The Hall–Kier alpha value is -2.36. The quantitative estimate of drug-likeness (QED) is 0.597. The fraction of sp³-hybridized carbons (Fsp3) is 0.105. The summed E-state index contributed by atoms with van der Waals surface area (Å²) in [5.74, 6) is -1.15. The molecule has 2 aromatic rings. The van der Waals surface area contributed by atoms with Crippen LogP contribution in [0.25, 0.3) is 6.08 Å². The molecule has 0 atom stereocenters. The zero-order valence-electron chi connectivity index (χ0n) is 14.7. The lowest BCUT2D eigenvalue weighted by atomic mass is 10.2.